The summed E-state index contributed by atoms with van der Waals surface area (Å²) in [5, 5.41) is 5.55. The van der Waals surface area contributed by atoms with Crippen LogP contribution in [0, 0.1) is 11.8 Å². The Kier molecular flexibility index (Phi) is 3.72. The van der Waals surface area contributed by atoms with Gasteiger partial charge in [-0.15, -0.1) is 0 Å². The molecule has 15 heavy (non-hydrogen) atoms. The average Bonchev–Trinajstić information content (AvgIpc) is 2.09. The van der Waals surface area contributed by atoms with Crippen molar-refractivity contribution in [2.75, 3.05) is 0 Å². The molecule has 1 heterocycles. The number of hydrogen-bond acceptors (Lipinski definition) is 2. The summed E-state index contributed by atoms with van der Waals surface area (Å²) in [4.78, 5) is 23.3. The highest BCUT2D eigenvalue weighted by Crippen LogP contribution is 2.12. The van der Waals surface area contributed by atoms with Gasteiger partial charge in [0.2, 0.25) is 11.8 Å². The Morgan fingerprint density at radius 2 is 1.67 bits per heavy atom. The van der Waals surface area contributed by atoms with E-state index in [4.69, 9.17) is 0 Å². The smallest absolute Gasteiger partial charge is 0.243 e. The van der Waals surface area contributed by atoms with Crippen LogP contribution in [0.1, 0.15) is 34.1 Å². The number of hydrogen-bond donors (Lipinski definition) is 2. The predicted octanol–water partition coefficient (Wildman–Crippen LogP) is 0.672. The van der Waals surface area contributed by atoms with Crippen LogP contribution in [0.3, 0.4) is 0 Å². The first-order chi connectivity index (χ1) is 6.91. The molecule has 2 atom stereocenters. The molecule has 1 aliphatic heterocycles. The molecule has 0 aliphatic carbocycles. The molecule has 0 bridgehead atoms. The molecule has 0 aromatic carbocycles. The normalized spacial score (nSPS) is 26.8. The molecule has 1 saturated heterocycles. The summed E-state index contributed by atoms with van der Waals surface area (Å²) in [6, 6.07) is -0.728. The standard InChI is InChI=1S/C11H20N2O2/c1-6(2)5-8-10(14)13-9(7(3)4)11(15)12-8/h6-9H,5H2,1-4H3,(H,12,15)(H,13,14)/t8-,9-/m1/s1. The van der Waals surface area contributed by atoms with Gasteiger partial charge in [0.15, 0.2) is 0 Å². The highest BCUT2D eigenvalue weighted by molar-refractivity contribution is 5.97. The van der Waals surface area contributed by atoms with Crippen LogP contribution in [-0.4, -0.2) is 23.9 Å². The fourth-order valence-electron chi connectivity index (χ4n) is 1.75. The summed E-state index contributed by atoms with van der Waals surface area (Å²) < 4.78 is 0. The van der Waals surface area contributed by atoms with E-state index in [-0.39, 0.29) is 29.8 Å². The van der Waals surface area contributed by atoms with Crippen molar-refractivity contribution in [2.45, 2.75) is 46.2 Å². The summed E-state index contributed by atoms with van der Waals surface area (Å²) in [6.07, 6.45) is 0.697. The van der Waals surface area contributed by atoms with Crippen LogP contribution >= 0.6 is 0 Å². The lowest BCUT2D eigenvalue weighted by Gasteiger charge is -2.32. The predicted molar refractivity (Wildman–Crippen MR) is 58.2 cm³/mol. The molecule has 0 aromatic heterocycles. The second-order valence-corrected chi connectivity index (χ2v) is 4.92. The van der Waals surface area contributed by atoms with Gasteiger partial charge in [0.05, 0.1) is 0 Å². The first-order valence-corrected chi connectivity index (χ1v) is 5.52. The minimum absolute atomic E-state index is 0.0537. The van der Waals surface area contributed by atoms with E-state index in [1.54, 1.807) is 0 Å². The van der Waals surface area contributed by atoms with Crippen molar-refractivity contribution in [3.63, 3.8) is 0 Å². The quantitative estimate of drug-likeness (QED) is 0.722. The first-order valence-electron chi connectivity index (χ1n) is 5.52. The van der Waals surface area contributed by atoms with Crippen molar-refractivity contribution >= 4 is 11.8 Å². The lowest BCUT2D eigenvalue weighted by Crippen LogP contribution is -2.63. The molecule has 0 aromatic rings. The topological polar surface area (TPSA) is 58.2 Å². The third-order valence-electron chi connectivity index (χ3n) is 2.59. The van der Waals surface area contributed by atoms with Crippen molar-refractivity contribution in [1.82, 2.24) is 10.6 Å². The molecule has 2 N–H and O–H groups in total. The minimum atomic E-state index is -0.374. The molecule has 1 rings (SSSR count). The zero-order chi connectivity index (χ0) is 11.6. The number of nitrogens with one attached hydrogen (secondary N) is 2. The molecule has 1 fully saturated rings. The average molecular weight is 212 g/mol. The van der Waals surface area contributed by atoms with Crippen LogP contribution in [0.5, 0.6) is 0 Å². The summed E-state index contributed by atoms with van der Waals surface area (Å²) >= 11 is 0. The summed E-state index contributed by atoms with van der Waals surface area (Å²) in [5.74, 6) is 0.419. The number of amides is 2. The van der Waals surface area contributed by atoms with Crippen LogP contribution in [0.2, 0.25) is 0 Å². The molecule has 4 heteroatoms. The number of rotatable bonds is 3. The number of piperazine rings is 1. The maximum atomic E-state index is 11.7. The van der Waals surface area contributed by atoms with Crippen molar-refractivity contribution in [3.05, 3.63) is 0 Å². The van der Waals surface area contributed by atoms with E-state index < -0.39 is 0 Å². The van der Waals surface area contributed by atoms with Crippen LogP contribution in [0.15, 0.2) is 0 Å². The highest BCUT2D eigenvalue weighted by atomic mass is 16.2. The van der Waals surface area contributed by atoms with Gasteiger partial charge in [-0.3, -0.25) is 9.59 Å². The Balaban J connectivity index is 2.63. The number of carbonyl (C=O) groups is 2. The largest absolute Gasteiger partial charge is 0.343 e. The molecular weight excluding hydrogens is 192 g/mol. The van der Waals surface area contributed by atoms with Crippen LogP contribution < -0.4 is 10.6 Å². The maximum Gasteiger partial charge on any atom is 0.243 e. The Labute approximate surface area is 90.8 Å². The molecule has 4 nitrogen and oxygen atoms in total. The van der Waals surface area contributed by atoms with Crippen LogP contribution in [-0.2, 0) is 9.59 Å². The zero-order valence-corrected chi connectivity index (χ0v) is 9.83. The third kappa shape index (κ3) is 2.94. The second kappa shape index (κ2) is 4.64. The van der Waals surface area contributed by atoms with E-state index in [1.165, 1.54) is 0 Å². The summed E-state index contributed by atoms with van der Waals surface area (Å²) in [7, 11) is 0. The maximum absolute atomic E-state index is 11.7. The van der Waals surface area contributed by atoms with Crippen LogP contribution in [0.25, 0.3) is 0 Å². The van der Waals surface area contributed by atoms with Gasteiger partial charge in [0, 0.05) is 0 Å². The Morgan fingerprint density at radius 1 is 1.07 bits per heavy atom. The summed E-state index contributed by atoms with van der Waals surface area (Å²) in [5.41, 5.74) is 0. The van der Waals surface area contributed by atoms with Gasteiger partial charge >= 0.3 is 0 Å². The fraction of sp³-hybridized carbons (Fsp3) is 0.818. The monoisotopic (exact) mass is 212 g/mol. The van der Waals surface area contributed by atoms with E-state index in [0.717, 1.165) is 0 Å². The molecule has 0 saturated carbocycles. The molecule has 2 amide bonds. The summed E-state index contributed by atoms with van der Waals surface area (Å²) in [6.45, 7) is 7.92. The van der Waals surface area contributed by atoms with E-state index in [2.05, 4.69) is 10.6 Å². The van der Waals surface area contributed by atoms with Gasteiger partial charge in [-0.2, -0.15) is 0 Å². The number of carbonyl (C=O) groups excluding carboxylic acids is 2. The molecular formula is C11H20N2O2. The van der Waals surface area contributed by atoms with E-state index >= 15 is 0 Å². The molecule has 0 spiro atoms. The zero-order valence-electron chi connectivity index (χ0n) is 9.83. The van der Waals surface area contributed by atoms with E-state index in [9.17, 15) is 9.59 Å². The second-order valence-electron chi connectivity index (χ2n) is 4.92. The Hall–Kier alpha value is -1.06. The highest BCUT2D eigenvalue weighted by Gasteiger charge is 2.35. The van der Waals surface area contributed by atoms with Crippen molar-refractivity contribution in [2.24, 2.45) is 11.8 Å². The Morgan fingerprint density at radius 3 is 2.13 bits per heavy atom. The van der Waals surface area contributed by atoms with Gasteiger partial charge in [-0.05, 0) is 18.3 Å². The molecule has 1 aliphatic rings. The lowest BCUT2D eigenvalue weighted by molar-refractivity contribution is -0.138. The van der Waals surface area contributed by atoms with E-state index in [1.807, 2.05) is 27.7 Å². The SMILES string of the molecule is CC(C)C[C@H]1NC(=O)[C@@H](C(C)C)NC1=O. The molecule has 86 valence electrons. The lowest BCUT2D eigenvalue weighted by atomic mass is 9.96. The first kappa shape index (κ1) is 12.0. The van der Waals surface area contributed by atoms with E-state index in [0.29, 0.717) is 12.3 Å². The van der Waals surface area contributed by atoms with Gasteiger partial charge in [0.25, 0.3) is 0 Å². The fourth-order valence-corrected chi connectivity index (χ4v) is 1.75. The molecule has 0 unspecified atom stereocenters. The van der Waals surface area contributed by atoms with Crippen molar-refractivity contribution in [3.8, 4) is 0 Å². The molecule has 0 radical (unpaired) electrons. The van der Waals surface area contributed by atoms with Crippen molar-refractivity contribution < 1.29 is 9.59 Å². The van der Waals surface area contributed by atoms with Gasteiger partial charge in [0.1, 0.15) is 12.1 Å². The van der Waals surface area contributed by atoms with Gasteiger partial charge < -0.3 is 10.6 Å². The van der Waals surface area contributed by atoms with Crippen LogP contribution in [0.4, 0.5) is 0 Å². The third-order valence-corrected chi connectivity index (χ3v) is 2.59. The van der Waals surface area contributed by atoms with Gasteiger partial charge in [-0.25, -0.2) is 0 Å². The van der Waals surface area contributed by atoms with Crippen molar-refractivity contribution in [1.29, 1.82) is 0 Å². The Bertz CT molecular complexity index is 261. The minimum Gasteiger partial charge on any atom is -0.343 e. The van der Waals surface area contributed by atoms with Gasteiger partial charge in [-0.1, -0.05) is 27.7 Å².